The highest BCUT2D eigenvalue weighted by atomic mass is 35.5. The van der Waals surface area contributed by atoms with E-state index in [0.29, 0.717) is 28.2 Å². The molecule has 1 spiro atoms. The number of rotatable bonds is 6. The van der Waals surface area contributed by atoms with Gasteiger partial charge >= 0.3 is 0 Å². The van der Waals surface area contributed by atoms with E-state index < -0.39 is 11.2 Å². The Labute approximate surface area is 182 Å². The average molecular weight is 447 g/mol. The smallest absolute Gasteiger partial charge is 0.287 e. The van der Waals surface area contributed by atoms with Gasteiger partial charge in [0.15, 0.2) is 28.7 Å². The molecule has 2 heterocycles. The predicted octanol–water partition coefficient (Wildman–Crippen LogP) is 4.80. The summed E-state index contributed by atoms with van der Waals surface area (Å²) >= 11 is 5.07. The van der Waals surface area contributed by atoms with Gasteiger partial charge < -0.3 is 18.7 Å². The fourth-order valence-electron chi connectivity index (χ4n) is 4.77. The van der Waals surface area contributed by atoms with E-state index in [9.17, 15) is 9.35 Å². The Morgan fingerprint density at radius 3 is 2.83 bits per heavy atom. The number of oxazole rings is 1. The molecule has 2 aliphatic rings. The first kappa shape index (κ1) is 20.0. The molecule has 0 saturated heterocycles. The molecule has 0 aliphatic heterocycles. The van der Waals surface area contributed by atoms with Crippen LogP contribution in [0.25, 0.3) is 11.1 Å². The Hall–Kier alpha value is -1.96. The quantitative estimate of drug-likeness (QED) is 0.549. The van der Waals surface area contributed by atoms with Crippen LogP contribution < -0.4 is 5.32 Å². The maximum Gasteiger partial charge on any atom is 0.287 e. The normalized spacial score (nSPS) is 26.4. The summed E-state index contributed by atoms with van der Waals surface area (Å²) in [6.07, 6.45) is 4.00. The highest BCUT2D eigenvalue weighted by molar-refractivity contribution is 7.90. The first-order chi connectivity index (χ1) is 14.4. The monoisotopic (exact) mass is 446 g/mol. The zero-order valence-electron chi connectivity index (χ0n) is 16.7. The second kappa shape index (κ2) is 7.62. The van der Waals surface area contributed by atoms with Crippen molar-refractivity contribution in [1.29, 1.82) is 0 Å². The van der Waals surface area contributed by atoms with E-state index in [2.05, 4.69) is 10.3 Å². The molecule has 0 bridgehead atoms. The minimum Gasteiger partial charge on any atom is -0.616 e. The molecule has 1 amide bonds. The Balaban J connectivity index is 1.12. The number of hydrogen-bond donors (Lipinski definition) is 1. The van der Waals surface area contributed by atoms with E-state index >= 15 is 0 Å². The zero-order valence-corrected chi connectivity index (χ0v) is 18.2. The lowest BCUT2D eigenvalue weighted by Gasteiger charge is -2.57. The second-order valence-corrected chi connectivity index (χ2v) is 10.7. The number of carbonyl (C=O) groups excluding carboxylic acids is 1. The third-order valence-corrected chi connectivity index (χ3v) is 7.76. The van der Waals surface area contributed by atoms with E-state index in [4.69, 9.17) is 20.4 Å². The van der Waals surface area contributed by atoms with Crippen LogP contribution in [0, 0.1) is 5.41 Å². The zero-order chi connectivity index (χ0) is 20.9. The first-order valence-electron chi connectivity index (χ1n) is 10.2. The van der Waals surface area contributed by atoms with Crippen LogP contribution in [0.4, 0.5) is 0 Å². The maximum absolute atomic E-state index is 12.4. The minimum absolute atomic E-state index is 0.166. The molecule has 3 aromatic rings. The molecule has 1 unspecified atom stereocenters. The van der Waals surface area contributed by atoms with Crippen LogP contribution in [0.2, 0.25) is 5.02 Å². The van der Waals surface area contributed by atoms with Crippen LogP contribution in [-0.4, -0.2) is 27.2 Å². The summed E-state index contributed by atoms with van der Waals surface area (Å²) in [6.45, 7) is 1.87. The van der Waals surface area contributed by atoms with Gasteiger partial charge in [0.2, 0.25) is 0 Å². The third-order valence-electron chi connectivity index (χ3n) is 6.28. The van der Waals surface area contributed by atoms with Crippen molar-refractivity contribution in [3.8, 4) is 0 Å². The third kappa shape index (κ3) is 3.74. The van der Waals surface area contributed by atoms with Crippen molar-refractivity contribution in [3.05, 3.63) is 52.8 Å². The topological polar surface area (TPSA) is 91.3 Å². The molecule has 2 aliphatic carbocycles. The summed E-state index contributed by atoms with van der Waals surface area (Å²) in [5, 5.41) is 3.72. The molecule has 2 aromatic heterocycles. The number of furan rings is 1. The number of aromatic nitrogens is 1. The van der Waals surface area contributed by atoms with E-state index in [1.54, 1.807) is 12.1 Å². The SMILES string of the molecule is CC[S+]([O-])Cc1ccc(C(=O)NC2CC3(C2)CC(c2nc4cc(Cl)ccc4o2)C3)o1. The molecule has 2 saturated carbocycles. The maximum atomic E-state index is 12.4. The molecule has 158 valence electrons. The molecule has 1 atom stereocenters. The van der Waals surface area contributed by atoms with Gasteiger partial charge in [0.05, 0.1) is 0 Å². The molecule has 5 rings (SSSR count). The standard InChI is InChI=1S/C22H23ClN2O4S/c1-2-30(27)12-16-4-6-19(28-16)20(26)24-15-10-22(11-15)8-13(9-22)21-25-17-7-14(23)3-5-18(17)29-21/h3-7,13,15H,2,8-12H2,1H3,(H,24,26). The van der Waals surface area contributed by atoms with Crippen LogP contribution in [0.1, 0.15) is 60.7 Å². The summed E-state index contributed by atoms with van der Waals surface area (Å²) < 4.78 is 23.1. The van der Waals surface area contributed by atoms with Crippen molar-refractivity contribution in [2.75, 3.05) is 5.75 Å². The van der Waals surface area contributed by atoms with Gasteiger partial charge in [-0.1, -0.05) is 11.6 Å². The number of amides is 1. The minimum atomic E-state index is -0.954. The molecule has 6 nitrogen and oxygen atoms in total. The number of carbonyl (C=O) groups is 1. The van der Waals surface area contributed by atoms with Crippen LogP contribution in [0.5, 0.6) is 0 Å². The number of nitrogens with one attached hydrogen (secondary N) is 1. The van der Waals surface area contributed by atoms with E-state index in [-0.39, 0.29) is 23.1 Å². The summed E-state index contributed by atoms with van der Waals surface area (Å²) in [5.74, 6) is 2.72. The lowest BCUT2D eigenvalue weighted by atomic mass is 9.50. The molecule has 8 heteroatoms. The van der Waals surface area contributed by atoms with Gasteiger partial charge in [-0.05, 0) is 79.5 Å². The molecule has 30 heavy (non-hydrogen) atoms. The predicted molar refractivity (Wildman–Crippen MR) is 115 cm³/mol. The average Bonchev–Trinajstić information content (AvgIpc) is 3.28. The molecule has 1 aromatic carbocycles. The van der Waals surface area contributed by atoms with Gasteiger partial charge in [-0.3, -0.25) is 4.79 Å². The molecule has 1 N–H and O–H groups in total. The largest absolute Gasteiger partial charge is 0.616 e. The van der Waals surface area contributed by atoms with Gasteiger partial charge in [-0.25, -0.2) is 4.98 Å². The molecular weight excluding hydrogens is 424 g/mol. The summed E-state index contributed by atoms with van der Waals surface area (Å²) in [7, 11) is 0. The number of halogens is 1. The number of fused-ring (bicyclic) bond motifs is 1. The van der Waals surface area contributed by atoms with Crippen LogP contribution in [0.3, 0.4) is 0 Å². The van der Waals surface area contributed by atoms with Crippen molar-refractivity contribution >= 4 is 39.8 Å². The summed E-state index contributed by atoms with van der Waals surface area (Å²) in [5.41, 5.74) is 1.86. The molecular formula is C22H23ClN2O4S. The lowest BCUT2D eigenvalue weighted by molar-refractivity contribution is -0.0256. The summed E-state index contributed by atoms with van der Waals surface area (Å²) in [6, 6.07) is 9.05. The van der Waals surface area contributed by atoms with Crippen molar-refractivity contribution in [1.82, 2.24) is 10.3 Å². The van der Waals surface area contributed by atoms with Crippen molar-refractivity contribution in [2.24, 2.45) is 5.41 Å². The Kier molecular flexibility index (Phi) is 5.08. The van der Waals surface area contributed by atoms with E-state index in [1.165, 1.54) is 0 Å². The first-order valence-corrected chi connectivity index (χ1v) is 12.1. The van der Waals surface area contributed by atoms with E-state index in [1.807, 2.05) is 25.1 Å². The second-order valence-electron chi connectivity index (χ2n) is 8.49. The number of hydrogen-bond acceptors (Lipinski definition) is 5. The van der Waals surface area contributed by atoms with Crippen LogP contribution in [0.15, 0.2) is 39.2 Å². The van der Waals surface area contributed by atoms with Crippen molar-refractivity contribution in [2.45, 2.75) is 50.3 Å². The Bertz CT molecular complexity index is 1080. The molecule has 0 radical (unpaired) electrons. The van der Waals surface area contributed by atoms with Gasteiger partial charge in [0, 0.05) is 17.0 Å². The highest BCUT2D eigenvalue weighted by Crippen LogP contribution is 2.61. The van der Waals surface area contributed by atoms with Gasteiger partial charge in [0.25, 0.3) is 5.91 Å². The number of nitrogens with zero attached hydrogens (tertiary/aromatic N) is 1. The van der Waals surface area contributed by atoms with E-state index in [0.717, 1.165) is 42.7 Å². The van der Waals surface area contributed by atoms with Gasteiger partial charge in [0.1, 0.15) is 11.3 Å². The fraction of sp³-hybridized carbons (Fsp3) is 0.455. The Morgan fingerprint density at radius 2 is 2.07 bits per heavy atom. The summed E-state index contributed by atoms with van der Waals surface area (Å²) in [4.78, 5) is 17.0. The van der Waals surface area contributed by atoms with Gasteiger partial charge in [-0.15, -0.1) is 0 Å². The lowest BCUT2D eigenvalue weighted by Crippen LogP contribution is -2.55. The highest BCUT2D eigenvalue weighted by Gasteiger charge is 2.54. The number of benzene rings is 1. The van der Waals surface area contributed by atoms with Crippen molar-refractivity contribution < 1.29 is 18.2 Å². The van der Waals surface area contributed by atoms with Crippen molar-refractivity contribution in [3.63, 3.8) is 0 Å². The fourth-order valence-corrected chi connectivity index (χ4v) is 5.61. The molecule has 2 fully saturated rings. The van der Waals surface area contributed by atoms with Gasteiger partial charge in [-0.2, -0.15) is 0 Å². The Morgan fingerprint density at radius 1 is 1.27 bits per heavy atom. The van der Waals surface area contributed by atoms with Crippen LogP contribution >= 0.6 is 11.6 Å². The van der Waals surface area contributed by atoms with Crippen LogP contribution in [-0.2, 0) is 16.9 Å².